The third-order valence-corrected chi connectivity index (χ3v) is 5.58. The van der Waals surface area contributed by atoms with Gasteiger partial charge in [-0.25, -0.2) is 4.98 Å². The van der Waals surface area contributed by atoms with Gasteiger partial charge in [0, 0.05) is 23.6 Å². The number of halogens is 1. The molecular formula is C20H25ClN2O2. The largest absolute Gasteiger partial charge is 0.493 e. The van der Waals surface area contributed by atoms with E-state index >= 15 is 0 Å². The molecule has 2 aliphatic heterocycles. The molecule has 0 saturated carbocycles. The monoisotopic (exact) mass is 360 g/mol. The SMILES string of the molecule is Cc1cc2c3c(c(Cl)nc2cc1OCCCN1CCCC1)COCC3. The third-order valence-electron chi connectivity index (χ3n) is 5.27. The predicted molar refractivity (Wildman–Crippen MR) is 101 cm³/mol. The number of nitrogens with zero attached hydrogens (tertiary/aromatic N) is 2. The van der Waals surface area contributed by atoms with Crippen molar-refractivity contribution >= 4 is 22.5 Å². The van der Waals surface area contributed by atoms with Gasteiger partial charge in [0.05, 0.1) is 25.3 Å². The van der Waals surface area contributed by atoms with Crippen molar-refractivity contribution in [1.82, 2.24) is 9.88 Å². The molecule has 1 fully saturated rings. The molecule has 134 valence electrons. The van der Waals surface area contributed by atoms with Gasteiger partial charge in [0.1, 0.15) is 10.9 Å². The molecule has 0 unspecified atom stereocenters. The smallest absolute Gasteiger partial charge is 0.135 e. The lowest BCUT2D eigenvalue weighted by atomic mass is 9.98. The van der Waals surface area contributed by atoms with Gasteiger partial charge in [0.25, 0.3) is 0 Å². The van der Waals surface area contributed by atoms with Gasteiger partial charge in [-0.3, -0.25) is 0 Å². The Morgan fingerprint density at radius 2 is 2.08 bits per heavy atom. The van der Waals surface area contributed by atoms with E-state index in [9.17, 15) is 0 Å². The van der Waals surface area contributed by atoms with Crippen molar-refractivity contribution in [3.8, 4) is 5.75 Å². The van der Waals surface area contributed by atoms with Crippen molar-refractivity contribution in [2.24, 2.45) is 0 Å². The molecule has 5 heteroatoms. The van der Waals surface area contributed by atoms with Gasteiger partial charge >= 0.3 is 0 Å². The van der Waals surface area contributed by atoms with Crippen LogP contribution < -0.4 is 4.74 Å². The summed E-state index contributed by atoms with van der Waals surface area (Å²) in [6, 6.07) is 4.24. The Balaban J connectivity index is 1.51. The van der Waals surface area contributed by atoms with Crippen LogP contribution in [-0.4, -0.2) is 42.7 Å². The zero-order valence-corrected chi connectivity index (χ0v) is 15.6. The Kier molecular flexibility index (Phi) is 5.11. The number of ether oxygens (including phenoxy) is 2. The highest BCUT2D eigenvalue weighted by Crippen LogP contribution is 2.33. The van der Waals surface area contributed by atoms with E-state index in [4.69, 9.17) is 21.1 Å². The molecule has 0 atom stereocenters. The molecule has 4 rings (SSSR count). The van der Waals surface area contributed by atoms with Crippen molar-refractivity contribution in [1.29, 1.82) is 0 Å². The number of aryl methyl sites for hydroxylation is 1. The Bertz CT molecular complexity index is 772. The number of aromatic nitrogens is 1. The van der Waals surface area contributed by atoms with Crippen LogP contribution in [0.2, 0.25) is 5.15 Å². The van der Waals surface area contributed by atoms with Gasteiger partial charge in [0.2, 0.25) is 0 Å². The van der Waals surface area contributed by atoms with E-state index in [0.29, 0.717) is 11.8 Å². The van der Waals surface area contributed by atoms with E-state index in [-0.39, 0.29) is 0 Å². The summed E-state index contributed by atoms with van der Waals surface area (Å²) < 4.78 is 11.6. The van der Waals surface area contributed by atoms with Crippen molar-refractivity contribution in [3.05, 3.63) is 34.0 Å². The normalized spacial score (nSPS) is 17.8. The molecule has 2 aromatic rings. The number of fused-ring (bicyclic) bond motifs is 3. The molecule has 2 aliphatic rings. The molecule has 0 N–H and O–H groups in total. The van der Waals surface area contributed by atoms with E-state index in [2.05, 4.69) is 22.9 Å². The first-order chi connectivity index (χ1) is 12.2. The summed E-state index contributed by atoms with van der Waals surface area (Å²) in [5.74, 6) is 0.921. The third kappa shape index (κ3) is 3.62. The van der Waals surface area contributed by atoms with Crippen molar-refractivity contribution in [2.45, 2.75) is 39.2 Å². The Labute approximate surface area is 154 Å². The van der Waals surface area contributed by atoms with Gasteiger partial charge in [0.15, 0.2) is 0 Å². The van der Waals surface area contributed by atoms with Crippen LogP contribution >= 0.6 is 11.6 Å². The molecule has 1 saturated heterocycles. The van der Waals surface area contributed by atoms with Crippen LogP contribution in [0.15, 0.2) is 12.1 Å². The molecule has 0 radical (unpaired) electrons. The van der Waals surface area contributed by atoms with E-state index in [1.165, 1.54) is 36.9 Å². The highest BCUT2D eigenvalue weighted by Gasteiger charge is 2.19. The molecule has 3 heterocycles. The molecule has 1 aromatic heterocycles. The maximum atomic E-state index is 6.38. The summed E-state index contributed by atoms with van der Waals surface area (Å²) in [5.41, 5.74) is 4.40. The van der Waals surface area contributed by atoms with E-state index in [0.717, 1.165) is 55.0 Å². The lowest BCUT2D eigenvalue weighted by Crippen LogP contribution is -2.22. The van der Waals surface area contributed by atoms with E-state index < -0.39 is 0 Å². The molecule has 0 spiro atoms. The van der Waals surface area contributed by atoms with Crippen molar-refractivity contribution in [3.63, 3.8) is 0 Å². The number of likely N-dealkylation sites (tertiary alicyclic amines) is 1. The molecule has 4 nitrogen and oxygen atoms in total. The lowest BCUT2D eigenvalue weighted by Gasteiger charge is -2.20. The molecule has 25 heavy (non-hydrogen) atoms. The number of hydrogen-bond acceptors (Lipinski definition) is 4. The minimum Gasteiger partial charge on any atom is -0.493 e. The zero-order chi connectivity index (χ0) is 17.2. The van der Waals surface area contributed by atoms with Crippen LogP contribution in [0.3, 0.4) is 0 Å². The second kappa shape index (κ2) is 7.48. The van der Waals surface area contributed by atoms with Crippen molar-refractivity contribution < 1.29 is 9.47 Å². The standard InChI is InChI=1S/C20H25ClN2O2/c1-14-11-16-15-5-10-24-13-17(15)20(21)22-18(16)12-19(14)25-9-4-8-23-6-2-3-7-23/h11-12H,2-10,13H2,1H3. The topological polar surface area (TPSA) is 34.6 Å². The van der Waals surface area contributed by atoms with E-state index in [1.807, 2.05) is 6.07 Å². The van der Waals surface area contributed by atoms with Crippen LogP contribution in [0.5, 0.6) is 5.75 Å². The molecule has 0 bridgehead atoms. The first-order valence-electron chi connectivity index (χ1n) is 9.27. The van der Waals surface area contributed by atoms with Crippen LogP contribution in [0.25, 0.3) is 10.9 Å². The molecular weight excluding hydrogens is 336 g/mol. The first-order valence-corrected chi connectivity index (χ1v) is 9.64. The predicted octanol–water partition coefficient (Wildman–Crippen LogP) is 4.13. The second-order valence-corrected chi connectivity index (χ2v) is 7.41. The minimum atomic E-state index is 0.560. The van der Waals surface area contributed by atoms with Gasteiger partial charge in [-0.15, -0.1) is 0 Å². The van der Waals surface area contributed by atoms with Crippen LogP contribution in [0, 0.1) is 6.92 Å². The highest BCUT2D eigenvalue weighted by molar-refractivity contribution is 6.30. The summed E-state index contributed by atoms with van der Waals surface area (Å²) in [6.07, 6.45) is 4.63. The number of hydrogen-bond donors (Lipinski definition) is 0. The highest BCUT2D eigenvalue weighted by atomic mass is 35.5. The average Bonchev–Trinajstić information content (AvgIpc) is 3.14. The lowest BCUT2D eigenvalue weighted by molar-refractivity contribution is 0.111. The summed E-state index contributed by atoms with van der Waals surface area (Å²) in [5, 5.41) is 1.75. The fourth-order valence-electron chi connectivity index (χ4n) is 3.88. The average molecular weight is 361 g/mol. The number of benzene rings is 1. The maximum absolute atomic E-state index is 6.38. The number of rotatable bonds is 5. The molecule has 0 amide bonds. The Hall–Kier alpha value is -1.36. The van der Waals surface area contributed by atoms with Gasteiger partial charge in [-0.1, -0.05) is 11.6 Å². The van der Waals surface area contributed by atoms with Gasteiger partial charge in [-0.05, 0) is 62.9 Å². The van der Waals surface area contributed by atoms with E-state index in [1.54, 1.807) is 0 Å². The molecule has 0 aliphatic carbocycles. The fraction of sp³-hybridized carbons (Fsp3) is 0.550. The second-order valence-electron chi connectivity index (χ2n) is 7.05. The summed E-state index contributed by atoms with van der Waals surface area (Å²) in [4.78, 5) is 7.10. The quantitative estimate of drug-likeness (QED) is 0.593. The van der Waals surface area contributed by atoms with Crippen LogP contribution in [-0.2, 0) is 17.8 Å². The van der Waals surface area contributed by atoms with Crippen LogP contribution in [0.4, 0.5) is 0 Å². The minimum absolute atomic E-state index is 0.560. The van der Waals surface area contributed by atoms with Gasteiger partial charge in [-0.2, -0.15) is 0 Å². The number of pyridine rings is 1. The summed E-state index contributed by atoms with van der Waals surface area (Å²) >= 11 is 6.38. The van der Waals surface area contributed by atoms with Crippen molar-refractivity contribution in [2.75, 3.05) is 32.8 Å². The Morgan fingerprint density at radius 1 is 1.24 bits per heavy atom. The summed E-state index contributed by atoms with van der Waals surface area (Å²) in [6.45, 7) is 7.77. The summed E-state index contributed by atoms with van der Waals surface area (Å²) in [7, 11) is 0. The zero-order valence-electron chi connectivity index (χ0n) is 14.8. The fourth-order valence-corrected chi connectivity index (χ4v) is 4.14. The first kappa shape index (κ1) is 17.1. The van der Waals surface area contributed by atoms with Gasteiger partial charge < -0.3 is 14.4 Å². The maximum Gasteiger partial charge on any atom is 0.135 e. The molecule has 1 aromatic carbocycles. The Morgan fingerprint density at radius 3 is 2.92 bits per heavy atom. The van der Waals surface area contributed by atoms with Crippen LogP contribution in [0.1, 0.15) is 36.0 Å².